The molecule has 10 heteroatoms. The van der Waals surface area contributed by atoms with Crippen molar-refractivity contribution in [3.63, 3.8) is 0 Å². The van der Waals surface area contributed by atoms with Crippen LogP contribution in [0.5, 0.6) is 0 Å². The van der Waals surface area contributed by atoms with Crippen LogP contribution in [-0.2, 0) is 0 Å². The van der Waals surface area contributed by atoms with Crippen LogP contribution in [0.4, 0.5) is 0 Å². The first-order valence-electron chi connectivity index (χ1n) is 13.0. The maximum Gasteiger partial charge on any atom is 0.488 e. The zero-order valence-electron chi connectivity index (χ0n) is 22.0. The van der Waals surface area contributed by atoms with Gasteiger partial charge in [-0.15, -0.1) is 0 Å². The van der Waals surface area contributed by atoms with Crippen molar-refractivity contribution in [2.75, 3.05) is 0 Å². The normalized spacial score (nSPS) is 10.7. The van der Waals surface area contributed by atoms with Crippen molar-refractivity contribution in [2.24, 2.45) is 0 Å². The highest BCUT2D eigenvalue weighted by Gasteiger charge is 2.14. The van der Waals surface area contributed by atoms with Gasteiger partial charge in [-0.2, -0.15) is 0 Å². The Bertz CT molecular complexity index is 2100. The van der Waals surface area contributed by atoms with Gasteiger partial charge in [-0.3, -0.25) is 0 Å². The second-order valence-electron chi connectivity index (χ2n) is 9.09. The summed E-state index contributed by atoms with van der Waals surface area (Å²) < 4.78 is 11.4. The van der Waals surface area contributed by atoms with Gasteiger partial charge in [0, 0.05) is 16.3 Å². The lowest BCUT2D eigenvalue weighted by atomic mass is 9.81. The van der Waals surface area contributed by atoms with E-state index in [1.807, 2.05) is 84.9 Å². The highest BCUT2D eigenvalue weighted by molar-refractivity contribution is 6.58. The van der Waals surface area contributed by atoms with Gasteiger partial charge in [0.1, 0.15) is 40.5 Å². The number of furan rings is 2. The number of fused-ring (bicyclic) bond motifs is 6. The van der Waals surface area contributed by atoms with Crippen molar-refractivity contribution in [1.29, 1.82) is 0 Å². The van der Waals surface area contributed by atoms with Crippen molar-refractivity contribution in [2.45, 2.75) is 0 Å². The van der Waals surface area contributed by atoms with Crippen molar-refractivity contribution >= 4 is 68.3 Å². The third-order valence-electron chi connectivity index (χ3n) is 6.42. The first kappa shape index (κ1) is 27.1. The van der Waals surface area contributed by atoms with Crippen molar-refractivity contribution < 1.29 is 18.9 Å². The zero-order valence-corrected chi connectivity index (χ0v) is 22.8. The van der Waals surface area contributed by atoms with Gasteiger partial charge >= 0.3 is 7.12 Å². The lowest BCUT2D eigenvalue weighted by Gasteiger charge is -1.99. The summed E-state index contributed by atoms with van der Waals surface area (Å²) in [5, 5.41) is 19.5. The second kappa shape index (κ2) is 12.2. The van der Waals surface area contributed by atoms with Crippen LogP contribution in [0.15, 0.2) is 131 Å². The van der Waals surface area contributed by atoms with E-state index < -0.39 is 7.12 Å². The van der Waals surface area contributed by atoms with Gasteiger partial charge in [0.15, 0.2) is 16.3 Å². The molecule has 4 aromatic carbocycles. The summed E-state index contributed by atoms with van der Waals surface area (Å²) in [6.07, 6.45) is 3.03. The Balaban J connectivity index is 0.000000121. The number of aromatic nitrogens is 4. The maximum absolute atomic E-state index is 8.58. The molecule has 4 aromatic heterocycles. The molecule has 0 saturated heterocycles. The number of benzene rings is 4. The van der Waals surface area contributed by atoms with Crippen LogP contribution in [-0.4, -0.2) is 37.1 Å². The first-order chi connectivity index (χ1) is 20.6. The van der Waals surface area contributed by atoms with E-state index in [2.05, 4.69) is 19.9 Å². The van der Waals surface area contributed by atoms with E-state index in [9.17, 15) is 0 Å². The molecule has 8 rings (SSSR count). The van der Waals surface area contributed by atoms with E-state index in [1.165, 1.54) is 6.33 Å². The summed E-state index contributed by atoms with van der Waals surface area (Å²) in [5.41, 5.74) is 6.95. The van der Waals surface area contributed by atoms with Gasteiger partial charge in [0.2, 0.25) is 0 Å². The number of hydrogen-bond acceptors (Lipinski definition) is 8. The largest absolute Gasteiger partial charge is 0.488 e. The minimum absolute atomic E-state index is 0.353. The molecular weight excluding hydrogens is 551 g/mol. The average molecular weight is 573 g/mol. The number of rotatable bonds is 2. The number of nitrogens with zero attached hydrogens (tertiary/aromatic N) is 4. The molecule has 8 nitrogen and oxygen atoms in total. The minimum atomic E-state index is -1.34. The molecule has 4 heterocycles. The third kappa shape index (κ3) is 5.57. The molecule has 0 amide bonds. The van der Waals surface area contributed by atoms with Crippen LogP contribution >= 0.6 is 11.6 Å². The molecule has 0 atom stereocenters. The van der Waals surface area contributed by atoms with Crippen molar-refractivity contribution in [3.05, 3.63) is 127 Å². The Hall–Kier alpha value is -5.09. The number of halogens is 1. The van der Waals surface area contributed by atoms with Crippen LogP contribution in [0.25, 0.3) is 55.4 Å². The molecule has 0 aliphatic heterocycles. The zero-order chi connectivity index (χ0) is 28.9. The van der Waals surface area contributed by atoms with Crippen LogP contribution < -0.4 is 5.46 Å². The SMILES string of the molecule is Clc1ncnc2c1oc1ccccc12.OB(O)c1ccccc1.c1ccc(-c2ncnc3c2oc2ccccc23)cc1. The van der Waals surface area contributed by atoms with E-state index in [0.29, 0.717) is 16.2 Å². The third-order valence-corrected chi connectivity index (χ3v) is 6.69. The lowest BCUT2D eigenvalue weighted by molar-refractivity contribution is 0.426. The average Bonchev–Trinajstić information content (AvgIpc) is 3.62. The predicted molar refractivity (Wildman–Crippen MR) is 165 cm³/mol. The summed E-state index contributed by atoms with van der Waals surface area (Å²) in [4.78, 5) is 16.7. The molecule has 42 heavy (non-hydrogen) atoms. The van der Waals surface area contributed by atoms with E-state index in [0.717, 1.165) is 49.8 Å². The van der Waals surface area contributed by atoms with E-state index in [-0.39, 0.29) is 0 Å². The molecule has 0 saturated carbocycles. The molecule has 0 radical (unpaired) electrons. The fourth-order valence-corrected chi connectivity index (χ4v) is 4.62. The molecule has 8 aromatic rings. The van der Waals surface area contributed by atoms with Crippen molar-refractivity contribution in [3.8, 4) is 11.3 Å². The van der Waals surface area contributed by atoms with Crippen LogP contribution in [0.3, 0.4) is 0 Å². The van der Waals surface area contributed by atoms with Crippen LogP contribution in [0.2, 0.25) is 5.15 Å². The summed E-state index contributed by atoms with van der Waals surface area (Å²) in [7, 11) is -1.34. The van der Waals surface area contributed by atoms with Crippen molar-refractivity contribution in [1.82, 2.24) is 19.9 Å². The molecule has 2 N–H and O–H groups in total. The van der Waals surface area contributed by atoms with Gasteiger partial charge in [-0.05, 0) is 29.7 Å². The van der Waals surface area contributed by atoms with Gasteiger partial charge < -0.3 is 18.9 Å². The fraction of sp³-hybridized carbons (Fsp3) is 0. The summed E-state index contributed by atoms with van der Waals surface area (Å²) in [6, 6.07) is 34.3. The highest BCUT2D eigenvalue weighted by atomic mass is 35.5. The van der Waals surface area contributed by atoms with Gasteiger partial charge in [-0.25, -0.2) is 19.9 Å². The van der Waals surface area contributed by atoms with E-state index >= 15 is 0 Å². The molecular formula is C32H22BClN4O4. The molecule has 0 aliphatic carbocycles. The minimum Gasteiger partial charge on any atom is -0.452 e. The van der Waals surface area contributed by atoms with E-state index in [1.54, 1.807) is 30.6 Å². The number of para-hydroxylation sites is 2. The Morgan fingerprint density at radius 1 is 0.548 bits per heavy atom. The maximum atomic E-state index is 8.58. The standard InChI is InChI=1S/C16H10N2O.C10H5ClN2O.C6H7BO2/c1-2-6-11(7-3-1)14-16-15(18-10-17-14)12-8-4-5-9-13(12)19-16;11-10-9-8(12-5-13-10)6-3-1-2-4-7(6)14-9;8-7(9)6-4-2-1-3-5-6/h1-10H;1-5H;1-5,8-9H. The quantitative estimate of drug-likeness (QED) is 0.179. The molecule has 0 fully saturated rings. The van der Waals surface area contributed by atoms with E-state index in [4.69, 9.17) is 30.5 Å². The van der Waals surface area contributed by atoms with Gasteiger partial charge in [-0.1, -0.05) is 96.5 Å². The summed E-state index contributed by atoms with van der Waals surface area (Å²) in [5.74, 6) is 0. The summed E-state index contributed by atoms with van der Waals surface area (Å²) >= 11 is 5.88. The Kier molecular flexibility index (Phi) is 7.87. The Morgan fingerprint density at radius 2 is 1.05 bits per heavy atom. The molecule has 0 unspecified atom stereocenters. The second-order valence-corrected chi connectivity index (χ2v) is 9.45. The highest BCUT2D eigenvalue weighted by Crippen LogP contribution is 2.32. The first-order valence-corrected chi connectivity index (χ1v) is 13.3. The topological polar surface area (TPSA) is 118 Å². The Morgan fingerprint density at radius 3 is 1.64 bits per heavy atom. The van der Waals surface area contributed by atoms with Crippen LogP contribution in [0, 0.1) is 0 Å². The predicted octanol–water partition coefficient (Wildman–Crippen LogP) is 6.44. The molecule has 0 spiro atoms. The van der Waals surface area contributed by atoms with Gasteiger partial charge in [0.05, 0.1) is 0 Å². The molecule has 0 bridgehead atoms. The number of hydrogen-bond donors (Lipinski definition) is 2. The molecule has 204 valence electrons. The van der Waals surface area contributed by atoms with Gasteiger partial charge in [0.25, 0.3) is 0 Å². The molecule has 0 aliphatic rings. The van der Waals surface area contributed by atoms with Crippen LogP contribution in [0.1, 0.15) is 0 Å². The fourth-order valence-electron chi connectivity index (χ4n) is 4.45. The smallest absolute Gasteiger partial charge is 0.452 e. The Labute approximate surface area is 245 Å². The summed E-state index contributed by atoms with van der Waals surface area (Å²) in [6.45, 7) is 0. The lowest BCUT2D eigenvalue weighted by Crippen LogP contribution is -2.29. The monoisotopic (exact) mass is 572 g/mol.